The van der Waals surface area contributed by atoms with Gasteiger partial charge in [-0.2, -0.15) is 0 Å². The number of ether oxygens (including phenoxy) is 1. The van der Waals surface area contributed by atoms with E-state index in [1.165, 1.54) is 0 Å². The predicted molar refractivity (Wildman–Crippen MR) is 71.3 cm³/mol. The van der Waals surface area contributed by atoms with Crippen LogP contribution in [-0.2, 0) is 9.53 Å². The quantitative estimate of drug-likeness (QED) is 0.789. The molecule has 0 spiro atoms. The van der Waals surface area contributed by atoms with E-state index < -0.39 is 17.0 Å². The second kappa shape index (κ2) is 4.25. The second-order valence-electron chi connectivity index (χ2n) is 6.05. The number of carbonyl (C=O) groups is 2. The third-order valence-electron chi connectivity index (χ3n) is 4.93. The highest BCUT2D eigenvalue weighted by Crippen LogP contribution is 2.55. The van der Waals surface area contributed by atoms with Gasteiger partial charge in [-0.3, -0.25) is 9.69 Å². The molecule has 0 bridgehead atoms. The molecule has 0 aromatic carbocycles. The summed E-state index contributed by atoms with van der Waals surface area (Å²) >= 11 is 0. The zero-order valence-corrected chi connectivity index (χ0v) is 11.9. The van der Waals surface area contributed by atoms with Gasteiger partial charge in [-0.15, -0.1) is 0 Å². The maximum absolute atomic E-state index is 12.1. The van der Waals surface area contributed by atoms with Crippen molar-refractivity contribution in [3.63, 3.8) is 0 Å². The molecule has 2 fully saturated rings. The fourth-order valence-electron chi connectivity index (χ4n) is 3.66. The highest BCUT2D eigenvalue weighted by atomic mass is 16.6. The van der Waals surface area contributed by atoms with Crippen molar-refractivity contribution in [2.75, 3.05) is 6.54 Å². The summed E-state index contributed by atoms with van der Waals surface area (Å²) in [6.45, 7) is 10.3. The summed E-state index contributed by atoms with van der Waals surface area (Å²) in [6.07, 6.45) is 1.57. The van der Waals surface area contributed by atoms with E-state index in [0.29, 0.717) is 6.54 Å². The fourth-order valence-corrected chi connectivity index (χ4v) is 3.66. The molecule has 1 saturated carbocycles. The Morgan fingerprint density at radius 1 is 1.58 bits per heavy atom. The fraction of sp³-hybridized carbons (Fsp3) is 0.714. The van der Waals surface area contributed by atoms with Gasteiger partial charge in [-0.05, 0) is 33.6 Å². The Morgan fingerprint density at radius 3 is 2.74 bits per heavy atom. The van der Waals surface area contributed by atoms with Crippen molar-refractivity contribution in [3.05, 3.63) is 12.2 Å². The van der Waals surface area contributed by atoms with Gasteiger partial charge < -0.3 is 10.5 Å². The number of carbonyl (C=O) groups excluding carboxylic acids is 2. The van der Waals surface area contributed by atoms with Gasteiger partial charge in [0.1, 0.15) is 5.60 Å². The van der Waals surface area contributed by atoms with E-state index in [0.717, 1.165) is 18.4 Å². The smallest absolute Gasteiger partial charge is 0.411 e. The number of primary amides is 1. The van der Waals surface area contributed by atoms with E-state index in [-0.39, 0.29) is 18.4 Å². The molecule has 1 saturated heterocycles. The lowest BCUT2D eigenvalue weighted by Crippen LogP contribution is -2.56. The summed E-state index contributed by atoms with van der Waals surface area (Å²) in [6, 6.07) is 0. The Balaban J connectivity index is 2.34. The summed E-state index contributed by atoms with van der Waals surface area (Å²) in [7, 11) is 0. The van der Waals surface area contributed by atoms with Crippen LogP contribution in [0.3, 0.4) is 0 Å². The van der Waals surface area contributed by atoms with E-state index in [9.17, 15) is 9.59 Å². The first kappa shape index (κ1) is 13.9. The Bertz CT molecular complexity index is 448. The second-order valence-corrected chi connectivity index (χ2v) is 6.05. The van der Waals surface area contributed by atoms with Crippen LogP contribution >= 0.6 is 0 Å². The zero-order chi connectivity index (χ0) is 14.4. The van der Waals surface area contributed by atoms with Crippen LogP contribution in [0, 0.1) is 5.92 Å². The third kappa shape index (κ3) is 1.83. The molecule has 5 heteroatoms. The number of amides is 2. The third-order valence-corrected chi connectivity index (χ3v) is 4.93. The minimum Gasteiger partial charge on any atom is -0.441 e. The van der Waals surface area contributed by atoms with Crippen LogP contribution in [0.5, 0.6) is 0 Å². The van der Waals surface area contributed by atoms with E-state index in [2.05, 4.69) is 6.58 Å². The van der Waals surface area contributed by atoms with Crippen LogP contribution in [0.25, 0.3) is 0 Å². The Hall–Kier alpha value is -1.52. The Morgan fingerprint density at radius 2 is 2.21 bits per heavy atom. The van der Waals surface area contributed by atoms with Crippen molar-refractivity contribution < 1.29 is 14.3 Å². The van der Waals surface area contributed by atoms with Crippen molar-refractivity contribution in [2.24, 2.45) is 11.7 Å². The molecule has 1 heterocycles. The predicted octanol–water partition coefficient (Wildman–Crippen LogP) is 1.82. The molecule has 0 aromatic heterocycles. The van der Waals surface area contributed by atoms with Crippen molar-refractivity contribution in [1.29, 1.82) is 0 Å². The first-order valence-electron chi connectivity index (χ1n) is 6.66. The monoisotopic (exact) mass is 266 g/mol. The van der Waals surface area contributed by atoms with Gasteiger partial charge in [0, 0.05) is 18.9 Å². The summed E-state index contributed by atoms with van der Waals surface area (Å²) < 4.78 is 5.59. The molecule has 3 atom stereocenters. The molecular weight excluding hydrogens is 244 g/mol. The van der Waals surface area contributed by atoms with Crippen LogP contribution < -0.4 is 5.73 Å². The van der Waals surface area contributed by atoms with E-state index >= 15 is 0 Å². The number of hydrogen-bond donors (Lipinski definition) is 1. The molecule has 19 heavy (non-hydrogen) atoms. The Kier molecular flexibility index (Phi) is 3.11. The molecule has 1 aliphatic carbocycles. The van der Waals surface area contributed by atoms with E-state index in [1.54, 1.807) is 4.90 Å². The summed E-state index contributed by atoms with van der Waals surface area (Å²) in [5, 5.41) is 0. The molecule has 2 amide bonds. The van der Waals surface area contributed by atoms with Crippen molar-refractivity contribution >= 4 is 12.0 Å². The van der Waals surface area contributed by atoms with Gasteiger partial charge in [0.25, 0.3) is 0 Å². The van der Waals surface area contributed by atoms with Crippen molar-refractivity contribution in [2.45, 2.75) is 51.2 Å². The first-order chi connectivity index (χ1) is 8.72. The molecule has 5 nitrogen and oxygen atoms in total. The maximum atomic E-state index is 12.1. The average molecular weight is 266 g/mol. The zero-order valence-electron chi connectivity index (χ0n) is 11.9. The lowest BCUT2D eigenvalue weighted by Gasteiger charge is -2.41. The summed E-state index contributed by atoms with van der Waals surface area (Å²) in [4.78, 5) is 24.8. The van der Waals surface area contributed by atoms with Gasteiger partial charge in [0.15, 0.2) is 0 Å². The highest BCUT2D eigenvalue weighted by molar-refractivity contribution is 5.77. The Labute approximate surface area is 113 Å². The average Bonchev–Trinajstić information content (AvgIpc) is 2.60. The molecule has 2 N–H and O–H groups in total. The lowest BCUT2D eigenvalue weighted by molar-refractivity contribution is -0.118. The van der Waals surface area contributed by atoms with Gasteiger partial charge >= 0.3 is 6.09 Å². The van der Waals surface area contributed by atoms with Gasteiger partial charge in [-0.1, -0.05) is 12.2 Å². The lowest BCUT2D eigenvalue weighted by atomic mass is 9.76. The topological polar surface area (TPSA) is 72.6 Å². The van der Waals surface area contributed by atoms with Crippen LogP contribution in [0.15, 0.2) is 12.2 Å². The molecular formula is C14H22N2O3. The van der Waals surface area contributed by atoms with Crippen LogP contribution in [-0.4, -0.2) is 34.6 Å². The number of nitrogens with two attached hydrogens (primary N) is 1. The molecule has 2 rings (SSSR count). The van der Waals surface area contributed by atoms with E-state index in [4.69, 9.17) is 10.5 Å². The molecule has 0 aromatic rings. The van der Waals surface area contributed by atoms with Gasteiger partial charge in [0.05, 0.1) is 5.54 Å². The molecule has 0 unspecified atom stereocenters. The maximum Gasteiger partial charge on any atom is 0.411 e. The van der Waals surface area contributed by atoms with Gasteiger partial charge in [-0.25, -0.2) is 4.79 Å². The SMILES string of the molecule is C=C(C)[C@@H]1CC[C@]2(C)OC(=O)N(CCC(N)=O)[C@@]12C. The van der Waals surface area contributed by atoms with Crippen molar-refractivity contribution in [3.8, 4) is 0 Å². The number of rotatable bonds is 4. The summed E-state index contributed by atoms with van der Waals surface area (Å²) in [5.74, 6) is -0.216. The minimum atomic E-state index is -0.509. The molecule has 2 aliphatic rings. The van der Waals surface area contributed by atoms with Gasteiger partial charge in [0.2, 0.25) is 5.91 Å². The molecule has 106 valence electrons. The molecule has 0 radical (unpaired) electrons. The van der Waals surface area contributed by atoms with E-state index in [1.807, 2.05) is 20.8 Å². The number of fused-ring (bicyclic) bond motifs is 1. The highest BCUT2D eigenvalue weighted by Gasteiger charge is 2.66. The first-order valence-corrected chi connectivity index (χ1v) is 6.66. The number of nitrogens with zero attached hydrogens (tertiary/aromatic N) is 1. The minimum absolute atomic E-state index is 0.156. The molecule has 1 aliphatic heterocycles. The van der Waals surface area contributed by atoms with Crippen molar-refractivity contribution in [1.82, 2.24) is 4.90 Å². The summed E-state index contributed by atoms with van der Waals surface area (Å²) in [5.41, 5.74) is 5.29. The number of hydrogen-bond acceptors (Lipinski definition) is 3. The van der Waals surface area contributed by atoms with Crippen LogP contribution in [0.1, 0.15) is 40.0 Å². The van der Waals surface area contributed by atoms with Crippen LogP contribution in [0.2, 0.25) is 0 Å². The normalized spacial score (nSPS) is 37.1. The van der Waals surface area contributed by atoms with Crippen LogP contribution in [0.4, 0.5) is 4.79 Å². The standard InChI is InChI=1S/C14H22N2O3/c1-9(2)10-5-7-13(3)14(10,4)16(12(18)19-13)8-6-11(15)17/h10H,1,5-8H2,2-4H3,(H2,15,17)/t10-,13-,14-/m0/s1. The largest absolute Gasteiger partial charge is 0.441 e.